The zero-order valence-electron chi connectivity index (χ0n) is 5.50. The van der Waals surface area contributed by atoms with Crippen molar-refractivity contribution < 1.29 is 4.74 Å². The molecular formula is C6H8BrNOS. The van der Waals surface area contributed by atoms with Crippen molar-refractivity contribution in [3.8, 4) is 0 Å². The lowest BCUT2D eigenvalue weighted by molar-refractivity contribution is 0.112. The molecule has 0 fully saturated rings. The third-order valence-electron chi connectivity index (χ3n) is 1.12. The third kappa shape index (κ3) is 1.79. The van der Waals surface area contributed by atoms with Crippen molar-refractivity contribution >= 4 is 27.3 Å². The van der Waals surface area contributed by atoms with Crippen LogP contribution in [0.15, 0.2) is 15.9 Å². The van der Waals surface area contributed by atoms with Crippen molar-refractivity contribution in [1.29, 1.82) is 0 Å². The quantitative estimate of drug-likeness (QED) is 0.778. The van der Waals surface area contributed by atoms with Gasteiger partial charge in [-0.05, 0) is 22.0 Å². The Morgan fingerprint density at radius 1 is 1.80 bits per heavy atom. The highest BCUT2D eigenvalue weighted by molar-refractivity contribution is 9.10. The van der Waals surface area contributed by atoms with Crippen molar-refractivity contribution in [3.05, 3.63) is 20.8 Å². The van der Waals surface area contributed by atoms with Gasteiger partial charge in [-0.15, -0.1) is 11.3 Å². The van der Waals surface area contributed by atoms with Crippen LogP contribution in [0, 0.1) is 0 Å². The van der Waals surface area contributed by atoms with Gasteiger partial charge in [0.05, 0.1) is 0 Å². The molecule has 1 aromatic heterocycles. The van der Waals surface area contributed by atoms with Gasteiger partial charge in [-0.3, -0.25) is 0 Å². The SMILES string of the molecule is COC(N)c1cc(Br)cs1. The molecule has 1 rings (SSSR count). The van der Waals surface area contributed by atoms with Crippen molar-refractivity contribution in [1.82, 2.24) is 0 Å². The summed E-state index contributed by atoms with van der Waals surface area (Å²) in [7, 11) is 1.60. The average molecular weight is 222 g/mol. The molecular weight excluding hydrogens is 214 g/mol. The Balaban J connectivity index is 2.74. The van der Waals surface area contributed by atoms with Crippen LogP contribution in [0.2, 0.25) is 0 Å². The maximum atomic E-state index is 5.57. The zero-order valence-corrected chi connectivity index (χ0v) is 7.91. The third-order valence-corrected chi connectivity index (χ3v) is 2.88. The van der Waals surface area contributed by atoms with E-state index in [1.165, 1.54) is 0 Å². The highest BCUT2D eigenvalue weighted by Crippen LogP contribution is 2.24. The number of ether oxygens (including phenoxy) is 1. The largest absolute Gasteiger partial charge is 0.362 e. The second kappa shape index (κ2) is 3.48. The van der Waals surface area contributed by atoms with E-state index in [9.17, 15) is 0 Å². The van der Waals surface area contributed by atoms with Gasteiger partial charge >= 0.3 is 0 Å². The van der Waals surface area contributed by atoms with Gasteiger partial charge in [-0.2, -0.15) is 0 Å². The fourth-order valence-corrected chi connectivity index (χ4v) is 2.01. The van der Waals surface area contributed by atoms with E-state index in [0.717, 1.165) is 9.35 Å². The van der Waals surface area contributed by atoms with Gasteiger partial charge in [0.1, 0.15) is 6.23 Å². The molecule has 56 valence electrons. The first-order chi connectivity index (χ1) is 4.74. The molecule has 0 bridgehead atoms. The van der Waals surface area contributed by atoms with Crippen LogP contribution in [0.5, 0.6) is 0 Å². The van der Waals surface area contributed by atoms with Crippen LogP contribution in [0.1, 0.15) is 11.1 Å². The molecule has 1 heterocycles. The van der Waals surface area contributed by atoms with Crippen LogP contribution < -0.4 is 5.73 Å². The molecule has 0 amide bonds. The summed E-state index contributed by atoms with van der Waals surface area (Å²) in [5, 5.41) is 1.98. The van der Waals surface area contributed by atoms with Crippen LogP contribution in [-0.2, 0) is 4.74 Å². The molecule has 0 aliphatic rings. The minimum atomic E-state index is -0.281. The van der Waals surface area contributed by atoms with Gasteiger partial charge in [-0.25, -0.2) is 0 Å². The van der Waals surface area contributed by atoms with Crippen LogP contribution in [0.25, 0.3) is 0 Å². The van der Waals surface area contributed by atoms with Gasteiger partial charge in [0.15, 0.2) is 0 Å². The van der Waals surface area contributed by atoms with E-state index in [4.69, 9.17) is 10.5 Å². The zero-order chi connectivity index (χ0) is 7.56. The highest BCUT2D eigenvalue weighted by atomic mass is 79.9. The predicted molar refractivity (Wildman–Crippen MR) is 46.0 cm³/mol. The molecule has 0 spiro atoms. The van der Waals surface area contributed by atoms with Gasteiger partial charge in [0.2, 0.25) is 0 Å². The molecule has 10 heavy (non-hydrogen) atoms. The predicted octanol–water partition coefficient (Wildman–Crippen LogP) is 2.11. The lowest BCUT2D eigenvalue weighted by Gasteiger charge is -2.04. The molecule has 0 radical (unpaired) electrons. The smallest absolute Gasteiger partial charge is 0.140 e. The van der Waals surface area contributed by atoms with E-state index < -0.39 is 0 Å². The first-order valence-corrected chi connectivity index (χ1v) is 4.43. The molecule has 1 aromatic rings. The summed E-state index contributed by atoms with van der Waals surface area (Å²) in [5.41, 5.74) is 5.57. The van der Waals surface area contributed by atoms with Crippen LogP contribution in [0.4, 0.5) is 0 Å². The molecule has 4 heteroatoms. The van der Waals surface area contributed by atoms with E-state index in [0.29, 0.717) is 0 Å². The van der Waals surface area contributed by atoms with Gasteiger partial charge < -0.3 is 10.5 Å². The number of hydrogen-bond donors (Lipinski definition) is 1. The Labute approximate surface area is 72.1 Å². The van der Waals surface area contributed by atoms with Gasteiger partial charge in [0, 0.05) is 21.8 Å². The summed E-state index contributed by atoms with van der Waals surface area (Å²) in [6, 6.07) is 1.96. The highest BCUT2D eigenvalue weighted by Gasteiger charge is 2.05. The number of rotatable bonds is 2. The summed E-state index contributed by atoms with van der Waals surface area (Å²) < 4.78 is 5.97. The summed E-state index contributed by atoms with van der Waals surface area (Å²) >= 11 is 4.91. The minimum absolute atomic E-state index is 0.281. The van der Waals surface area contributed by atoms with Crippen molar-refractivity contribution in [3.63, 3.8) is 0 Å². The Hall–Kier alpha value is 0.1000. The number of thiophene rings is 1. The van der Waals surface area contributed by atoms with Gasteiger partial charge in [0.25, 0.3) is 0 Å². The van der Waals surface area contributed by atoms with Crippen molar-refractivity contribution in [2.45, 2.75) is 6.23 Å². The maximum absolute atomic E-state index is 5.57. The van der Waals surface area contributed by atoms with E-state index in [-0.39, 0.29) is 6.23 Å². The molecule has 0 aromatic carbocycles. The number of methoxy groups -OCH3 is 1. The van der Waals surface area contributed by atoms with Crippen molar-refractivity contribution in [2.75, 3.05) is 7.11 Å². The Bertz CT molecular complexity index is 213. The van der Waals surface area contributed by atoms with Crippen LogP contribution in [-0.4, -0.2) is 7.11 Å². The lowest BCUT2D eigenvalue weighted by atomic mass is 10.4. The summed E-state index contributed by atoms with van der Waals surface area (Å²) in [6.07, 6.45) is -0.281. The Morgan fingerprint density at radius 3 is 2.90 bits per heavy atom. The molecule has 0 saturated heterocycles. The van der Waals surface area contributed by atoms with Crippen LogP contribution >= 0.6 is 27.3 Å². The fourth-order valence-electron chi connectivity index (χ4n) is 0.594. The first-order valence-electron chi connectivity index (χ1n) is 2.76. The minimum Gasteiger partial charge on any atom is -0.362 e. The molecule has 0 aliphatic heterocycles. The van der Waals surface area contributed by atoms with E-state index in [2.05, 4.69) is 15.9 Å². The number of hydrogen-bond acceptors (Lipinski definition) is 3. The standard InChI is InChI=1S/C6H8BrNOS/c1-9-6(8)5-2-4(7)3-10-5/h2-3,6H,8H2,1H3. The molecule has 1 atom stereocenters. The lowest BCUT2D eigenvalue weighted by Crippen LogP contribution is -2.09. The normalized spacial score (nSPS) is 13.5. The molecule has 1 unspecified atom stereocenters. The summed E-state index contributed by atoms with van der Waals surface area (Å²) in [5.74, 6) is 0. The van der Waals surface area contributed by atoms with Gasteiger partial charge in [-0.1, -0.05) is 0 Å². The topological polar surface area (TPSA) is 35.2 Å². The monoisotopic (exact) mass is 221 g/mol. The van der Waals surface area contributed by atoms with Crippen LogP contribution in [0.3, 0.4) is 0 Å². The molecule has 0 aliphatic carbocycles. The van der Waals surface area contributed by atoms with E-state index in [1.54, 1.807) is 18.4 Å². The molecule has 2 nitrogen and oxygen atoms in total. The Morgan fingerprint density at radius 2 is 2.50 bits per heavy atom. The molecule has 2 N–H and O–H groups in total. The summed E-state index contributed by atoms with van der Waals surface area (Å²) in [6.45, 7) is 0. The number of halogens is 1. The second-order valence-corrected chi connectivity index (χ2v) is 3.68. The van der Waals surface area contributed by atoms with E-state index in [1.807, 2.05) is 11.4 Å². The first kappa shape index (κ1) is 8.20. The maximum Gasteiger partial charge on any atom is 0.140 e. The average Bonchev–Trinajstić information content (AvgIpc) is 2.34. The summed E-state index contributed by atoms with van der Waals surface area (Å²) in [4.78, 5) is 1.04. The van der Waals surface area contributed by atoms with E-state index >= 15 is 0 Å². The fraction of sp³-hybridized carbons (Fsp3) is 0.333. The Kier molecular flexibility index (Phi) is 2.85. The second-order valence-electron chi connectivity index (χ2n) is 1.82. The van der Waals surface area contributed by atoms with Crippen molar-refractivity contribution in [2.24, 2.45) is 5.73 Å². The molecule has 0 saturated carbocycles. The number of nitrogens with two attached hydrogens (primary N) is 1.